The van der Waals surface area contributed by atoms with Crippen LogP contribution in [0, 0.1) is 0 Å². The van der Waals surface area contributed by atoms with Gasteiger partial charge in [-0.15, -0.1) is 10.2 Å². The summed E-state index contributed by atoms with van der Waals surface area (Å²) in [5, 5.41) is 12.5. The molecule has 0 saturated heterocycles. The van der Waals surface area contributed by atoms with Gasteiger partial charge in [-0.2, -0.15) is 4.80 Å². The van der Waals surface area contributed by atoms with E-state index in [4.69, 9.17) is 11.6 Å². The van der Waals surface area contributed by atoms with Crippen molar-refractivity contribution in [3.05, 3.63) is 82.4 Å². The second-order valence-corrected chi connectivity index (χ2v) is 9.77. The predicted octanol–water partition coefficient (Wildman–Crippen LogP) is 6.97. The van der Waals surface area contributed by atoms with Crippen molar-refractivity contribution in [2.24, 2.45) is 0 Å². The molecule has 0 aliphatic rings. The Morgan fingerprint density at radius 1 is 0.970 bits per heavy atom. The van der Waals surface area contributed by atoms with Gasteiger partial charge in [0.15, 0.2) is 0 Å². The summed E-state index contributed by atoms with van der Waals surface area (Å²) in [4.78, 5) is 14.4. The lowest BCUT2D eigenvalue weighted by Gasteiger charge is -2.19. The van der Waals surface area contributed by atoms with E-state index in [0.29, 0.717) is 27.3 Å². The first-order valence-electron chi connectivity index (χ1n) is 11.3. The smallest absolute Gasteiger partial charge is 0.255 e. The Hall–Kier alpha value is -3.18. The lowest BCUT2D eigenvalue weighted by Crippen LogP contribution is -2.14. The third-order valence-corrected chi connectivity index (χ3v) is 6.03. The van der Waals surface area contributed by atoms with E-state index in [1.54, 1.807) is 16.9 Å². The first-order valence-corrected chi connectivity index (χ1v) is 11.7. The summed E-state index contributed by atoms with van der Waals surface area (Å²) in [7, 11) is 0. The number of aromatic nitrogens is 3. The number of unbranched alkanes of at least 4 members (excludes halogenated alkanes) is 1. The number of anilines is 1. The second kappa shape index (κ2) is 9.36. The average Bonchev–Trinajstić information content (AvgIpc) is 3.20. The van der Waals surface area contributed by atoms with Crippen LogP contribution in [-0.2, 0) is 11.8 Å². The van der Waals surface area contributed by atoms with Gasteiger partial charge in [0, 0.05) is 5.56 Å². The summed E-state index contributed by atoms with van der Waals surface area (Å²) < 4.78 is 0. The van der Waals surface area contributed by atoms with E-state index >= 15 is 0 Å². The summed E-state index contributed by atoms with van der Waals surface area (Å²) in [5.41, 5.74) is 5.81. The topological polar surface area (TPSA) is 59.8 Å². The van der Waals surface area contributed by atoms with Gasteiger partial charge in [-0.05, 0) is 65.8 Å². The minimum absolute atomic E-state index is 0.0327. The Morgan fingerprint density at radius 3 is 2.21 bits per heavy atom. The predicted molar refractivity (Wildman–Crippen MR) is 136 cm³/mol. The van der Waals surface area contributed by atoms with Crippen LogP contribution in [0.15, 0.2) is 60.7 Å². The molecule has 0 spiro atoms. The van der Waals surface area contributed by atoms with Crippen molar-refractivity contribution in [2.75, 3.05) is 5.32 Å². The SMILES string of the molecule is CCCCc1ccc(-n2nc3cc(Cl)c(NC(=O)c4ccc(C(C)(C)C)cc4)cc3n2)cc1. The van der Waals surface area contributed by atoms with Crippen LogP contribution in [0.5, 0.6) is 0 Å². The molecule has 1 aromatic heterocycles. The van der Waals surface area contributed by atoms with Gasteiger partial charge in [-0.3, -0.25) is 4.79 Å². The molecular weight excluding hydrogens is 432 g/mol. The zero-order valence-corrected chi connectivity index (χ0v) is 20.3. The van der Waals surface area contributed by atoms with Crippen molar-refractivity contribution in [1.29, 1.82) is 0 Å². The molecule has 0 fully saturated rings. The highest BCUT2D eigenvalue weighted by Gasteiger charge is 2.16. The van der Waals surface area contributed by atoms with Crippen molar-refractivity contribution in [3.8, 4) is 5.69 Å². The summed E-state index contributed by atoms with van der Waals surface area (Å²) in [6, 6.07) is 19.4. The Kier molecular flexibility index (Phi) is 6.52. The summed E-state index contributed by atoms with van der Waals surface area (Å²) in [5.74, 6) is -0.216. The molecule has 0 saturated carbocycles. The number of benzene rings is 3. The van der Waals surface area contributed by atoms with E-state index in [2.05, 4.69) is 55.3 Å². The number of aryl methyl sites for hydroxylation is 1. The number of carbonyl (C=O) groups excluding carboxylic acids is 1. The fourth-order valence-corrected chi connectivity index (χ4v) is 3.85. The third kappa shape index (κ3) is 5.25. The number of halogens is 1. The Bertz CT molecular complexity index is 1270. The molecule has 0 radical (unpaired) electrons. The highest BCUT2D eigenvalue weighted by Crippen LogP contribution is 2.28. The van der Waals surface area contributed by atoms with Gasteiger partial charge in [0.25, 0.3) is 5.91 Å². The molecule has 1 amide bonds. The van der Waals surface area contributed by atoms with E-state index in [1.165, 1.54) is 24.0 Å². The molecule has 1 N–H and O–H groups in total. The van der Waals surface area contributed by atoms with E-state index in [-0.39, 0.29) is 11.3 Å². The third-order valence-electron chi connectivity index (χ3n) is 5.72. The van der Waals surface area contributed by atoms with Gasteiger partial charge in [0.2, 0.25) is 0 Å². The van der Waals surface area contributed by atoms with Crippen LogP contribution in [0.4, 0.5) is 5.69 Å². The quantitative estimate of drug-likeness (QED) is 0.338. The number of rotatable bonds is 6. The second-order valence-electron chi connectivity index (χ2n) is 9.36. The van der Waals surface area contributed by atoms with Crippen molar-refractivity contribution >= 4 is 34.2 Å². The Morgan fingerprint density at radius 2 is 1.61 bits per heavy atom. The van der Waals surface area contributed by atoms with Gasteiger partial charge in [0.05, 0.1) is 16.4 Å². The van der Waals surface area contributed by atoms with Crippen molar-refractivity contribution in [2.45, 2.75) is 52.4 Å². The number of nitrogens with zero attached hydrogens (tertiary/aromatic N) is 3. The fraction of sp³-hybridized carbons (Fsp3) is 0.296. The first-order chi connectivity index (χ1) is 15.7. The standard InChI is InChI=1S/C27H29ClN4O/c1-5-6-7-18-8-14-21(15-9-18)32-30-24-16-22(28)23(17-25(24)31-32)29-26(33)19-10-12-20(13-11-19)27(2,3)4/h8-17H,5-7H2,1-4H3,(H,29,33). The normalized spacial score (nSPS) is 11.7. The lowest BCUT2D eigenvalue weighted by molar-refractivity contribution is 0.102. The molecule has 0 atom stereocenters. The van der Waals surface area contributed by atoms with Gasteiger partial charge >= 0.3 is 0 Å². The van der Waals surface area contributed by atoms with Crippen molar-refractivity contribution in [1.82, 2.24) is 15.0 Å². The van der Waals surface area contributed by atoms with Crippen LogP contribution in [0.1, 0.15) is 62.0 Å². The summed E-state index contributed by atoms with van der Waals surface area (Å²) >= 11 is 6.45. The monoisotopic (exact) mass is 460 g/mol. The molecule has 4 aromatic rings. The number of carbonyl (C=O) groups is 1. The molecule has 0 aliphatic heterocycles. The maximum atomic E-state index is 12.8. The number of hydrogen-bond donors (Lipinski definition) is 1. The van der Waals surface area contributed by atoms with Crippen LogP contribution < -0.4 is 5.32 Å². The molecule has 6 heteroatoms. The molecule has 5 nitrogen and oxygen atoms in total. The van der Waals surface area contributed by atoms with E-state index in [9.17, 15) is 4.79 Å². The van der Waals surface area contributed by atoms with Crippen LogP contribution in [0.2, 0.25) is 5.02 Å². The minimum Gasteiger partial charge on any atom is -0.321 e. The largest absolute Gasteiger partial charge is 0.321 e. The van der Waals surface area contributed by atoms with Crippen LogP contribution in [-0.4, -0.2) is 20.9 Å². The van der Waals surface area contributed by atoms with Gasteiger partial charge < -0.3 is 5.32 Å². The molecule has 0 unspecified atom stereocenters. The van der Waals surface area contributed by atoms with Crippen molar-refractivity contribution < 1.29 is 4.79 Å². The van der Waals surface area contributed by atoms with Crippen LogP contribution >= 0.6 is 11.6 Å². The van der Waals surface area contributed by atoms with E-state index in [1.807, 2.05) is 36.4 Å². The van der Waals surface area contributed by atoms with Crippen LogP contribution in [0.25, 0.3) is 16.7 Å². The molecular formula is C27H29ClN4O. The average molecular weight is 461 g/mol. The number of amides is 1. The summed E-state index contributed by atoms with van der Waals surface area (Å²) in [6.45, 7) is 8.62. The van der Waals surface area contributed by atoms with E-state index in [0.717, 1.165) is 12.1 Å². The van der Waals surface area contributed by atoms with Crippen molar-refractivity contribution in [3.63, 3.8) is 0 Å². The number of nitrogens with one attached hydrogen (secondary N) is 1. The molecule has 1 heterocycles. The van der Waals surface area contributed by atoms with Gasteiger partial charge in [-0.25, -0.2) is 0 Å². The Balaban J connectivity index is 1.54. The zero-order valence-electron chi connectivity index (χ0n) is 19.5. The summed E-state index contributed by atoms with van der Waals surface area (Å²) in [6.07, 6.45) is 3.43. The Labute approximate surface area is 199 Å². The first kappa shape index (κ1) is 23.0. The van der Waals surface area contributed by atoms with Gasteiger partial charge in [-0.1, -0.05) is 70.0 Å². The highest BCUT2D eigenvalue weighted by atomic mass is 35.5. The maximum Gasteiger partial charge on any atom is 0.255 e. The minimum atomic E-state index is -0.216. The zero-order chi connectivity index (χ0) is 23.6. The molecule has 33 heavy (non-hydrogen) atoms. The van der Waals surface area contributed by atoms with Gasteiger partial charge in [0.1, 0.15) is 11.0 Å². The highest BCUT2D eigenvalue weighted by molar-refractivity contribution is 6.34. The molecule has 0 bridgehead atoms. The fourth-order valence-electron chi connectivity index (χ4n) is 3.64. The van der Waals surface area contributed by atoms with E-state index < -0.39 is 0 Å². The van der Waals surface area contributed by atoms with Crippen LogP contribution in [0.3, 0.4) is 0 Å². The lowest BCUT2D eigenvalue weighted by atomic mass is 9.87. The molecule has 0 aliphatic carbocycles. The number of hydrogen-bond acceptors (Lipinski definition) is 3. The number of fused-ring (bicyclic) bond motifs is 1. The maximum absolute atomic E-state index is 12.8. The molecule has 4 rings (SSSR count). The molecule has 3 aromatic carbocycles. The molecule has 170 valence electrons.